The van der Waals surface area contributed by atoms with Gasteiger partial charge in [0, 0.05) is 16.3 Å². The van der Waals surface area contributed by atoms with Gasteiger partial charge in [0.05, 0.1) is 6.04 Å². The van der Waals surface area contributed by atoms with E-state index in [9.17, 15) is 14.4 Å². The monoisotopic (exact) mass is 403 g/mol. The zero-order valence-electron chi connectivity index (χ0n) is 15.7. The lowest BCUT2D eigenvalue weighted by molar-refractivity contribution is -0.135. The molecule has 4 nitrogen and oxygen atoms in total. The molecule has 1 fully saturated rings. The minimum Gasteiger partial charge on any atom is -0.297 e. The fourth-order valence-corrected chi connectivity index (χ4v) is 3.94. The minimum absolute atomic E-state index is 0.355. The van der Waals surface area contributed by atoms with Gasteiger partial charge in [0.1, 0.15) is 5.92 Å². The molecule has 1 aliphatic heterocycles. The van der Waals surface area contributed by atoms with Gasteiger partial charge in [-0.2, -0.15) is 0 Å². The Morgan fingerprint density at radius 3 is 2.14 bits per heavy atom. The van der Waals surface area contributed by atoms with Crippen LogP contribution in [0.5, 0.6) is 0 Å². The lowest BCUT2D eigenvalue weighted by Gasteiger charge is -2.28. The highest BCUT2D eigenvalue weighted by Crippen LogP contribution is 2.42. The van der Waals surface area contributed by atoms with Crippen molar-refractivity contribution in [1.82, 2.24) is 0 Å². The second kappa shape index (κ2) is 7.64. The van der Waals surface area contributed by atoms with Gasteiger partial charge >= 0.3 is 0 Å². The van der Waals surface area contributed by atoms with E-state index in [-0.39, 0.29) is 5.78 Å². The summed E-state index contributed by atoms with van der Waals surface area (Å²) in [6, 6.07) is 22.2. The number of para-hydroxylation sites is 1. The molecule has 2 atom stereocenters. The standard InChI is InChI=1S/C24H18ClNO3/c1-15-7-5-6-10-19(15)26-21(16-8-3-2-4-9-16)20(23(28)24(26)29)22(27)17-11-13-18(25)14-12-17/h2-14,20-21H,1H3. The largest absolute Gasteiger partial charge is 0.297 e. The van der Waals surface area contributed by atoms with E-state index in [0.717, 1.165) is 11.1 Å². The molecule has 0 spiro atoms. The van der Waals surface area contributed by atoms with Gasteiger partial charge in [-0.3, -0.25) is 19.3 Å². The van der Waals surface area contributed by atoms with E-state index in [1.165, 1.54) is 4.90 Å². The fraction of sp³-hybridized carbons (Fsp3) is 0.125. The Kier molecular flexibility index (Phi) is 5.03. The predicted molar refractivity (Wildman–Crippen MR) is 112 cm³/mol. The molecule has 2 unspecified atom stereocenters. The SMILES string of the molecule is Cc1ccccc1N1C(=O)C(=O)C(C(=O)c2ccc(Cl)cc2)C1c1ccccc1. The molecule has 4 rings (SSSR count). The molecule has 0 N–H and O–H groups in total. The van der Waals surface area contributed by atoms with E-state index in [4.69, 9.17) is 11.6 Å². The number of aryl methyl sites for hydroxylation is 1. The van der Waals surface area contributed by atoms with E-state index in [1.54, 1.807) is 30.3 Å². The summed E-state index contributed by atoms with van der Waals surface area (Å²) in [6.45, 7) is 1.88. The Hall–Kier alpha value is -3.24. The highest BCUT2D eigenvalue weighted by molar-refractivity contribution is 6.49. The van der Waals surface area contributed by atoms with Crippen molar-refractivity contribution in [3.63, 3.8) is 0 Å². The van der Waals surface area contributed by atoms with Crippen molar-refractivity contribution in [2.24, 2.45) is 5.92 Å². The lowest BCUT2D eigenvalue weighted by atomic mass is 9.86. The van der Waals surface area contributed by atoms with Crippen LogP contribution in [-0.4, -0.2) is 17.5 Å². The van der Waals surface area contributed by atoms with Gasteiger partial charge in [-0.25, -0.2) is 0 Å². The average Bonchev–Trinajstić information content (AvgIpc) is 3.00. The molecule has 1 heterocycles. The molecule has 1 aliphatic rings. The van der Waals surface area contributed by atoms with Crippen molar-refractivity contribution < 1.29 is 14.4 Å². The molecule has 1 amide bonds. The summed E-state index contributed by atoms with van der Waals surface area (Å²) in [5.74, 6) is -2.86. The summed E-state index contributed by atoms with van der Waals surface area (Å²) < 4.78 is 0. The summed E-state index contributed by atoms with van der Waals surface area (Å²) in [5, 5.41) is 0.497. The first-order chi connectivity index (χ1) is 14.0. The topological polar surface area (TPSA) is 54.5 Å². The van der Waals surface area contributed by atoms with Crippen LogP contribution in [0.25, 0.3) is 0 Å². The van der Waals surface area contributed by atoms with Gasteiger partial charge in [-0.15, -0.1) is 0 Å². The summed E-state index contributed by atoms with van der Waals surface area (Å²) in [6.07, 6.45) is 0. The van der Waals surface area contributed by atoms with Crippen LogP contribution in [0, 0.1) is 12.8 Å². The maximum Gasteiger partial charge on any atom is 0.295 e. The zero-order chi connectivity index (χ0) is 20.5. The van der Waals surface area contributed by atoms with Crippen LogP contribution in [0.4, 0.5) is 5.69 Å². The minimum atomic E-state index is -1.12. The number of carbonyl (C=O) groups is 3. The molecule has 29 heavy (non-hydrogen) atoms. The highest BCUT2D eigenvalue weighted by Gasteiger charge is 2.52. The second-order valence-electron chi connectivity index (χ2n) is 7.03. The normalized spacial score (nSPS) is 18.9. The number of nitrogens with zero attached hydrogens (tertiary/aromatic N) is 1. The van der Waals surface area contributed by atoms with E-state index in [1.807, 2.05) is 55.5 Å². The first-order valence-electron chi connectivity index (χ1n) is 9.27. The fourth-order valence-electron chi connectivity index (χ4n) is 3.81. The lowest BCUT2D eigenvalue weighted by Crippen LogP contribution is -2.31. The third-order valence-corrected chi connectivity index (χ3v) is 5.49. The van der Waals surface area contributed by atoms with Crippen LogP contribution in [-0.2, 0) is 9.59 Å². The van der Waals surface area contributed by atoms with Gasteiger partial charge in [-0.05, 0) is 48.4 Å². The van der Waals surface area contributed by atoms with Gasteiger partial charge in [0.2, 0.25) is 5.78 Å². The van der Waals surface area contributed by atoms with E-state index < -0.39 is 23.7 Å². The van der Waals surface area contributed by atoms with Crippen LogP contribution in [0.3, 0.4) is 0 Å². The predicted octanol–water partition coefficient (Wildman–Crippen LogP) is 4.80. The van der Waals surface area contributed by atoms with Crippen LogP contribution >= 0.6 is 11.6 Å². The summed E-state index contributed by atoms with van der Waals surface area (Å²) in [7, 11) is 0. The number of Topliss-reactive ketones (excluding diaryl/α,β-unsaturated/α-hetero) is 2. The summed E-state index contributed by atoms with van der Waals surface area (Å²) >= 11 is 5.93. The highest BCUT2D eigenvalue weighted by atomic mass is 35.5. The zero-order valence-corrected chi connectivity index (χ0v) is 16.5. The Bertz CT molecular complexity index is 1090. The van der Waals surface area contributed by atoms with Crippen molar-refractivity contribution in [3.8, 4) is 0 Å². The Morgan fingerprint density at radius 1 is 0.862 bits per heavy atom. The molecule has 5 heteroatoms. The molecule has 0 bridgehead atoms. The number of carbonyl (C=O) groups excluding carboxylic acids is 3. The van der Waals surface area contributed by atoms with E-state index in [2.05, 4.69) is 0 Å². The molecule has 1 saturated heterocycles. The summed E-state index contributed by atoms with van der Waals surface area (Å²) in [5.41, 5.74) is 2.58. The second-order valence-corrected chi connectivity index (χ2v) is 7.47. The maximum absolute atomic E-state index is 13.3. The Balaban J connectivity index is 1.86. The van der Waals surface area contributed by atoms with E-state index in [0.29, 0.717) is 16.3 Å². The molecule has 0 saturated carbocycles. The first kappa shape index (κ1) is 19.1. The number of anilines is 1. The Morgan fingerprint density at radius 2 is 1.48 bits per heavy atom. The first-order valence-corrected chi connectivity index (χ1v) is 9.64. The third kappa shape index (κ3) is 3.36. The molecule has 0 aliphatic carbocycles. The smallest absolute Gasteiger partial charge is 0.295 e. The van der Waals surface area contributed by atoms with Gasteiger partial charge in [0.15, 0.2) is 5.78 Å². The number of hydrogen-bond acceptors (Lipinski definition) is 3. The van der Waals surface area contributed by atoms with Gasteiger partial charge in [0.25, 0.3) is 5.91 Å². The number of amides is 1. The molecule has 3 aromatic carbocycles. The number of benzene rings is 3. The molecule has 144 valence electrons. The van der Waals surface area contributed by atoms with Crippen LogP contribution < -0.4 is 4.90 Å². The maximum atomic E-state index is 13.3. The van der Waals surface area contributed by atoms with Crippen molar-refractivity contribution in [1.29, 1.82) is 0 Å². The van der Waals surface area contributed by atoms with Crippen LogP contribution in [0.15, 0.2) is 78.9 Å². The van der Waals surface area contributed by atoms with Crippen LogP contribution in [0.2, 0.25) is 5.02 Å². The van der Waals surface area contributed by atoms with Gasteiger partial charge in [-0.1, -0.05) is 60.1 Å². The number of hydrogen-bond donors (Lipinski definition) is 0. The molecule has 0 radical (unpaired) electrons. The molecular weight excluding hydrogens is 386 g/mol. The van der Waals surface area contributed by atoms with Gasteiger partial charge < -0.3 is 0 Å². The van der Waals surface area contributed by atoms with Crippen molar-refractivity contribution in [3.05, 3.63) is 101 Å². The number of rotatable bonds is 4. The third-order valence-electron chi connectivity index (χ3n) is 5.23. The quantitative estimate of drug-likeness (QED) is 0.357. The van der Waals surface area contributed by atoms with Crippen molar-refractivity contribution >= 4 is 34.8 Å². The van der Waals surface area contributed by atoms with Crippen LogP contribution in [0.1, 0.15) is 27.5 Å². The molecule has 0 aromatic heterocycles. The number of halogens is 1. The van der Waals surface area contributed by atoms with Crippen molar-refractivity contribution in [2.45, 2.75) is 13.0 Å². The number of ketones is 2. The summed E-state index contributed by atoms with van der Waals surface area (Å²) in [4.78, 5) is 40.9. The molecular formula is C24H18ClNO3. The molecule has 3 aromatic rings. The van der Waals surface area contributed by atoms with E-state index >= 15 is 0 Å². The average molecular weight is 404 g/mol. The van der Waals surface area contributed by atoms with Crippen molar-refractivity contribution in [2.75, 3.05) is 4.90 Å². The Labute approximate surface area is 173 Å².